The Morgan fingerprint density at radius 3 is 2.75 bits per heavy atom. The largest absolute Gasteiger partial charge is 0.475 e. The zero-order valence-electron chi connectivity index (χ0n) is 15.7. The zero-order valence-corrected chi connectivity index (χ0v) is 15.7. The summed E-state index contributed by atoms with van der Waals surface area (Å²) in [6.07, 6.45) is 7.01. The van der Waals surface area contributed by atoms with Gasteiger partial charge >= 0.3 is 0 Å². The number of hydrogen-bond acceptors (Lipinski definition) is 7. The maximum absolute atomic E-state index is 12.7. The van der Waals surface area contributed by atoms with Crippen molar-refractivity contribution in [2.75, 3.05) is 26.3 Å². The number of aromatic nitrogens is 3. The average molecular weight is 384 g/mol. The first kappa shape index (κ1) is 18.6. The quantitative estimate of drug-likeness (QED) is 0.754. The molecule has 0 N–H and O–H groups in total. The lowest BCUT2D eigenvalue weighted by molar-refractivity contribution is 0.0584. The highest BCUT2D eigenvalue weighted by Crippen LogP contribution is 2.19. The van der Waals surface area contributed by atoms with Gasteiger partial charge in [0, 0.05) is 57.1 Å². The fourth-order valence-electron chi connectivity index (χ4n) is 3.43. The third kappa shape index (κ3) is 4.75. The minimum Gasteiger partial charge on any atom is -0.475 e. The van der Waals surface area contributed by atoms with Crippen LogP contribution in [0.3, 0.4) is 0 Å². The Balaban J connectivity index is 1.25. The number of rotatable bonds is 6. The van der Waals surface area contributed by atoms with Crippen LogP contribution < -0.4 is 9.47 Å². The minimum absolute atomic E-state index is 0.0175. The molecule has 0 spiro atoms. The molecule has 2 aromatic rings. The SMILES string of the molecule is O=C(c1ccc(OC[C@@H]2CCCO2)nc1)N1CCC(Oc2cccnn2)CC1. The molecule has 8 nitrogen and oxygen atoms in total. The lowest BCUT2D eigenvalue weighted by Gasteiger charge is -2.31. The van der Waals surface area contributed by atoms with Crippen LogP contribution in [0.5, 0.6) is 11.8 Å². The van der Waals surface area contributed by atoms with Crippen molar-refractivity contribution < 1.29 is 19.0 Å². The summed E-state index contributed by atoms with van der Waals surface area (Å²) in [5.41, 5.74) is 0.567. The molecule has 0 unspecified atom stereocenters. The second-order valence-corrected chi connectivity index (χ2v) is 7.00. The van der Waals surface area contributed by atoms with Crippen molar-refractivity contribution in [2.24, 2.45) is 0 Å². The topological polar surface area (TPSA) is 86.7 Å². The molecule has 0 radical (unpaired) electrons. The van der Waals surface area contributed by atoms with Gasteiger partial charge in [0.15, 0.2) is 0 Å². The number of piperidine rings is 1. The van der Waals surface area contributed by atoms with Gasteiger partial charge in [-0.1, -0.05) is 0 Å². The second-order valence-electron chi connectivity index (χ2n) is 7.00. The molecule has 1 atom stereocenters. The Labute approximate surface area is 163 Å². The van der Waals surface area contributed by atoms with Crippen molar-refractivity contribution in [1.29, 1.82) is 0 Å². The lowest BCUT2D eigenvalue weighted by Crippen LogP contribution is -2.41. The van der Waals surface area contributed by atoms with Gasteiger partial charge in [0.1, 0.15) is 12.7 Å². The summed E-state index contributed by atoms with van der Waals surface area (Å²) in [5, 5.41) is 7.75. The molecular weight excluding hydrogens is 360 g/mol. The number of pyridine rings is 1. The maximum atomic E-state index is 12.7. The highest BCUT2D eigenvalue weighted by atomic mass is 16.5. The van der Waals surface area contributed by atoms with E-state index in [9.17, 15) is 4.79 Å². The Bertz CT molecular complexity index is 758. The van der Waals surface area contributed by atoms with Crippen molar-refractivity contribution in [3.63, 3.8) is 0 Å². The third-order valence-corrected chi connectivity index (χ3v) is 4.99. The summed E-state index contributed by atoms with van der Waals surface area (Å²) in [5.74, 6) is 1.02. The molecule has 0 aromatic carbocycles. The molecule has 0 saturated carbocycles. The summed E-state index contributed by atoms with van der Waals surface area (Å²) in [7, 11) is 0. The fraction of sp³-hybridized carbons (Fsp3) is 0.500. The summed E-state index contributed by atoms with van der Waals surface area (Å²) < 4.78 is 17.0. The average Bonchev–Trinajstić information content (AvgIpc) is 3.27. The predicted molar refractivity (Wildman–Crippen MR) is 100 cm³/mol. The molecule has 2 aliphatic heterocycles. The van der Waals surface area contributed by atoms with E-state index in [2.05, 4.69) is 15.2 Å². The van der Waals surface area contributed by atoms with E-state index in [1.165, 1.54) is 0 Å². The van der Waals surface area contributed by atoms with Crippen LogP contribution in [0.15, 0.2) is 36.7 Å². The van der Waals surface area contributed by atoms with Crippen LogP contribution in [0.1, 0.15) is 36.0 Å². The molecule has 2 saturated heterocycles. The van der Waals surface area contributed by atoms with Gasteiger partial charge < -0.3 is 19.1 Å². The van der Waals surface area contributed by atoms with Crippen LogP contribution in [-0.2, 0) is 4.74 Å². The molecular formula is C20H24N4O4. The molecule has 2 aromatic heterocycles. The Morgan fingerprint density at radius 1 is 1.18 bits per heavy atom. The second kappa shape index (κ2) is 8.97. The monoisotopic (exact) mass is 384 g/mol. The van der Waals surface area contributed by atoms with Crippen LogP contribution in [0, 0.1) is 0 Å². The number of carbonyl (C=O) groups excluding carboxylic acids is 1. The number of likely N-dealkylation sites (tertiary alicyclic amines) is 1. The summed E-state index contributed by atoms with van der Waals surface area (Å²) in [6, 6.07) is 7.09. The molecule has 1 amide bonds. The molecule has 28 heavy (non-hydrogen) atoms. The lowest BCUT2D eigenvalue weighted by atomic mass is 10.1. The van der Waals surface area contributed by atoms with E-state index in [1.807, 2.05) is 4.90 Å². The molecule has 2 aliphatic rings. The van der Waals surface area contributed by atoms with Crippen LogP contribution in [0.4, 0.5) is 0 Å². The smallest absolute Gasteiger partial charge is 0.255 e. The van der Waals surface area contributed by atoms with Crippen molar-refractivity contribution in [2.45, 2.75) is 37.9 Å². The summed E-state index contributed by atoms with van der Waals surface area (Å²) in [6.45, 7) is 2.58. The normalized spacial score (nSPS) is 20.1. The van der Waals surface area contributed by atoms with Crippen molar-refractivity contribution in [3.05, 3.63) is 42.2 Å². The molecule has 8 heteroatoms. The van der Waals surface area contributed by atoms with Gasteiger partial charge in [0.2, 0.25) is 11.8 Å². The van der Waals surface area contributed by atoms with E-state index >= 15 is 0 Å². The van der Waals surface area contributed by atoms with Gasteiger partial charge in [0.25, 0.3) is 5.91 Å². The Morgan fingerprint density at radius 2 is 2.07 bits per heavy atom. The van der Waals surface area contributed by atoms with Crippen molar-refractivity contribution in [3.8, 4) is 11.8 Å². The highest BCUT2D eigenvalue weighted by molar-refractivity contribution is 5.94. The Hall–Kier alpha value is -2.74. The first-order valence-electron chi connectivity index (χ1n) is 9.72. The van der Waals surface area contributed by atoms with Crippen molar-refractivity contribution in [1.82, 2.24) is 20.1 Å². The number of hydrogen-bond donors (Lipinski definition) is 0. The van der Waals surface area contributed by atoms with Gasteiger partial charge in [-0.3, -0.25) is 4.79 Å². The van der Waals surface area contributed by atoms with E-state index in [4.69, 9.17) is 14.2 Å². The minimum atomic E-state index is -0.0175. The van der Waals surface area contributed by atoms with Crippen LogP contribution in [-0.4, -0.2) is 64.5 Å². The summed E-state index contributed by atoms with van der Waals surface area (Å²) in [4.78, 5) is 18.8. The van der Waals surface area contributed by atoms with E-state index < -0.39 is 0 Å². The van der Waals surface area contributed by atoms with Gasteiger partial charge in [0.05, 0.1) is 11.7 Å². The van der Waals surface area contributed by atoms with Gasteiger partial charge in [-0.05, 0) is 25.0 Å². The van der Waals surface area contributed by atoms with E-state index in [0.717, 1.165) is 32.3 Å². The molecule has 4 heterocycles. The number of carbonyl (C=O) groups is 1. The third-order valence-electron chi connectivity index (χ3n) is 4.99. The van der Waals surface area contributed by atoms with Gasteiger partial charge in [-0.15, -0.1) is 5.10 Å². The number of amides is 1. The van der Waals surface area contributed by atoms with Gasteiger partial charge in [-0.25, -0.2) is 4.98 Å². The van der Waals surface area contributed by atoms with E-state index in [1.54, 1.807) is 36.7 Å². The molecule has 4 rings (SSSR count). The van der Waals surface area contributed by atoms with Crippen molar-refractivity contribution >= 4 is 5.91 Å². The zero-order chi connectivity index (χ0) is 19.2. The molecule has 148 valence electrons. The standard InChI is InChI=1S/C20H24N4O4/c25-20(15-5-6-18(21-13-15)27-14-17-3-2-12-26-17)24-10-7-16(8-11-24)28-19-4-1-9-22-23-19/h1,4-6,9,13,16-17H,2-3,7-8,10-12,14H2/t17-/m0/s1. The first-order valence-corrected chi connectivity index (χ1v) is 9.72. The first-order chi connectivity index (χ1) is 13.8. The maximum Gasteiger partial charge on any atom is 0.255 e. The fourth-order valence-corrected chi connectivity index (χ4v) is 3.43. The predicted octanol–water partition coefficient (Wildman–Crippen LogP) is 2.11. The van der Waals surface area contributed by atoms with Gasteiger partial charge in [-0.2, -0.15) is 5.10 Å². The summed E-state index contributed by atoms with van der Waals surface area (Å²) >= 11 is 0. The molecule has 0 bridgehead atoms. The number of ether oxygens (including phenoxy) is 3. The van der Waals surface area contributed by atoms with E-state index in [0.29, 0.717) is 37.0 Å². The van der Waals surface area contributed by atoms with Crippen LogP contribution in [0.2, 0.25) is 0 Å². The van der Waals surface area contributed by atoms with Crippen LogP contribution in [0.25, 0.3) is 0 Å². The number of nitrogens with zero attached hydrogens (tertiary/aromatic N) is 4. The molecule has 2 fully saturated rings. The van der Waals surface area contributed by atoms with E-state index in [-0.39, 0.29) is 18.1 Å². The van der Waals surface area contributed by atoms with Crippen LogP contribution >= 0.6 is 0 Å². The molecule has 0 aliphatic carbocycles. The highest BCUT2D eigenvalue weighted by Gasteiger charge is 2.25. The Kier molecular flexibility index (Phi) is 5.96.